The summed E-state index contributed by atoms with van der Waals surface area (Å²) in [6.45, 7) is 4.67. The number of allylic oxidation sites excluding steroid dienone is 2. The second kappa shape index (κ2) is 3.94. The zero-order chi connectivity index (χ0) is 8.16. The summed E-state index contributed by atoms with van der Waals surface area (Å²) in [5, 5.41) is 0. The maximum absolute atomic E-state index is 2.44. The summed E-state index contributed by atoms with van der Waals surface area (Å²) in [5.74, 6) is 0. The lowest BCUT2D eigenvalue weighted by molar-refractivity contribution is 0.327. The Labute approximate surface area is 70.7 Å². The Balaban J connectivity index is 2.37. The Morgan fingerprint density at radius 2 is 2.27 bits per heavy atom. The first-order chi connectivity index (χ1) is 5.27. The van der Waals surface area contributed by atoms with Crippen LogP contribution in [0.5, 0.6) is 0 Å². The van der Waals surface area contributed by atoms with Gasteiger partial charge >= 0.3 is 0 Å². The molecule has 0 saturated heterocycles. The molecule has 0 unspecified atom stereocenters. The molecule has 0 aromatic carbocycles. The second-order valence-corrected chi connectivity index (χ2v) is 4.05. The van der Waals surface area contributed by atoms with E-state index in [-0.39, 0.29) is 0 Å². The van der Waals surface area contributed by atoms with Crippen molar-refractivity contribution in [3.05, 3.63) is 12.2 Å². The molecule has 64 valence electrons. The van der Waals surface area contributed by atoms with E-state index in [0.29, 0.717) is 5.41 Å². The molecule has 0 saturated carbocycles. The van der Waals surface area contributed by atoms with Gasteiger partial charge in [-0.1, -0.05) is 38.8 Å². The van der Waals surface area contributed by atoms with E-state index in [2.05, 4.69) is 26.0 Å². The molecule has 0 radical (unpaired) electrons. The van der Waals surface area contributed by atoms with E-state index in [1.807, 2.05) is 0 Å². The van der Waals surface area contributed by atoms with Crippen LogP contribution in [0.25, 0.3) is 0 Å². The summed E-state index contributed by atoms with van der Waals surface area (Å²) in [6.07, 6.45) is 13.0. The smallest absolute Gasteiger partial charge is 0.0146 e. The minimum absolute atomic E-state index is 0.550. The lowest BCUT2D eigenvalue weighted by Crippen LogP contribution is -2.15. The van der Waals surface area contributed by atoms with Gasteiger partial charge in [-0.2, -0.15) is 0 Å². The lowest BCUT2D eigenvalue weighted by Gasteiger charge is -2.28. The van der Waals surface area contributed by atoms with Gasteiger partial charge in [0.15, 0.2) is 0 Å². The first kappa shape index (κ1) is 8.83. The summed E-state index contributed by atoms with van der Waals surface area (Å²) in [6, 6.07) is 0. The topological polar surface area (TPSA) is 0 Å². The zero-order valence-electron chi connectivity index (χ0n) is 7.90. The summed E-state index contributed by atoms with van der Waals surface area (Å²) in [7, 11) is 0. The highest BCUT2D eigenvalue weighted by atomic mass is 14.3. The van der Waals surface area contributed by atoms with Crippen LogP contribution in [0.2, 0.25) is 0 Å². The van der Waals surface area contributed by atoms with Crippen molar-refractivity contribution in [2.45, 2.75) is 52.4 Å². The minimum Gasteiger partial charge on any atom is -0.0880 e. The maximum atomic E-state index is 2.44. The highest BCUT2D eigenvalue weighted by molar-refractivity contribution is 5.00. The van der Waals surface area contributed by atoms with E-state index >= 15 is 0 Å². The van der Waals surface area contributed by atoms with E-state index in [1.54, 1.807) is 0 Å². The molecule has 11 heavy (non-hydrogen) atoms. The molecule has 1 atom stereocenters. The van der Waals surface area contributed by atoms with Gasteiger partial charge in [-0.25, -0.2) is 0 Å². The van der Waals surface area contributed by atoms with Crippen LogP contribution in [0.1, 0.15) is 52.4 Å². The highest BCUT2D eigenvalue weighted by Crippen LogP contribution is 2.35. The number of unbranched alkanes of at least 4 members (excludes halogenated alkanes) is 1. The monoisotopic (exact) mass is 152 g/mol. The molecule has 1 aliphatic carbocycles. The Morgan fingerprint density at radius 1 is 1.45 bits per heavy atom. The van der Waals surface area contributed by atoms with Crippen LogP contribution in [0.15, 0.2) is 12.2 Å². The van der Waals surface area contributed by atoms with Crippen LogP contribution in [0.4, 0.5) is 0 Å². The SMILES string of the molecule is CCCC[C@]1(C)C=CCCC1. The Hall–Kier alpha value is -0.260. The molecule has 1 aliphatic rings. The molecule has 0 bridgehead atoms. The molecule has 0 heterocycles. The quantitative estimate of drug-likeness (QED) is 0.538. The van der Waals surface area contributed by atoms with Crippen molar-refractivity contribution in [3.63, 3.8) is 0 Å². The normalized spacial score (nSPS) is 30.7. The third-order valence-corrected chi connectivity index (χ3v) is 2.74. The molecule has 0 aliphatic heterocycles. The third kappa shape index (κ3) is 2.69. The van der Waals surface area contributed by atoms with Gasteiger partial charge in [-0.3, -0.25) is 0 Å². The Morgan fingerprint density at radius 3 is 2.82 bits per heavy atom. The molecule has 0 fully saturated rings. The van der Waals surface area contributed by atoms with Crippen molar-refractivity contribution in [3.8, 4) is 0 Å². The fourth-order valence-corrected chi connectivity index (χ4v) is 1.86. The van der Waals surface area contributed by atoms with Gasteiger partial charge in [0.1, 0.15) is 0 Å². The average molecular weight is 152 g/mol. The van der Waals surface area contributed by atoms with Gasteiger partial charge in [0.2, 0.25) is 0 Å². The van der Waals surface area contributed by atoms with E-state index in [9.17, 15) is 0 Å². The zero-order valence-corrected chi connectivity index (χ0v) is 7.90. The van der Waals surface area contributed by atoms with Crippen molar-refractivity contribution in [1.29, 1.82) is 0 Å². The molecule has 0 spiro atoms. The standard InChI is InChI=1S/C11H20/c1-3-4-8-11(2)9-6-5-7-10-11/h6,9H,3-5,7-8,10H2,1-2H3/t11-/m1/s1. The summed E-state index contributed by atoms with van der Waals surface area (Å²) in [5.41, 5.74) is 0.550. The summed E-state index contributed by atoms with van der Waals surface area (Å²) in [4.78, 5) is 0. The number of hydrogen-bond acceptors (Lipinski definition) is 0. The molecule has 0 amide bonds. The van der Waals surface area contributed by atoms with Gasteiger partial charge in [0, 0.05) is 0 Å². The van der Waals surface area contributed by atoms with E-state index in [1.165, 1.54) is 38.5 Å². The second-order valence-electron chi connectivity index (χ2n) is 4.05. The van der Waals surface area contributed by atoms with Gasteiger partial charge in [-0.15, -0.1) is 0 Å². The van der Waals surface area contributed by atoms with Crippen LogP contribution in [0.3, 0.4) is 0 Å². The van der Waals surface area contributed by atoms with Crippen LogP contribution in [-0.2, 0) is 0 Å². The molecular weight excluding hydrogens is 132 g/mol. The van der Waals surface area contributed by atoms with Crippen molar-refractivity contribution in [2.24, 2.45) is 5.41 Å². The Kier molecular flexibility index (Phi) is 3.16. The highest BCUT2D eigenvalue weighted by Gasteiger charge is 2.21. The molecular formula is C11H20. The molecule has 0 aromatic heterocycles. The van der Waals surface area contributed by atoms with E-state index < -0.39 is 0 Å². The largest absolute Gasteiger partial charge is 0.0880 e. The van der Waals surface area contributed by atoms with Gasteiger partial charge in [0.25, 0.3) is 0 Å². The third-order valence-electron chi connectivity index (χ3n) is 2.74. The van der Waals surface area contributed by atoms with Crippen molar-refractivity contribution < 1.29 is 0 Å². The van der Waals surface area contributed by atoms with E-state index in [0.717, 1.165) is 0 Å². The average Bonchev–Trinajstić information content (AvgIpc) is 2.03. The number of hydrogen-bond donors (Lipinski definition) is 0. The van der Waals surface area contributed by atoms with Crippen LogP contribution in [-0.4, -0.2) is 0 Å². The lowest BCUT2D eigenvalue weighted by atomic mass is 9.77. The van der Waals surface area contributed by atoms with Gasteiger partial charge in [-0.05, 0) is 31.1 Å². The number of rotatable bonds is 3. The van der Waals surface area contributed by atoms with Crippen molar-refractivity contribution >= 4 is 0 Å². The van der Waals surface area contributed by atoms with Crippen LogP contribution >= 0.6 is 0 Å². The molecule has 0 N–H and O–H groups in total. The first-order valence-electron chi connectivity index (χ1n) is 4.94. The van der Waals surface area contributed by atoms with Crippen molar-refractivity contribution in [2.75, 3.05) is 0 Å². The summed E-state index contributed by atoms with van der Waals surface area (Å²) >= 11 is 0. The first-order valence-corrected chi connectivity index (χ1v) is 4.94. The van der Waals surface area contributed by atoms with Gasteiger partial charge in [0.05, 0.1) is 0 Å². The van der Waals surface area contributed by atoms with Crippen LogP contribution in [0, 0.1) is 5.41 Å². The van der Waals surface area contributed by atoms with Crippen LogP contribution < -0.4 is 0 Å². The fraction of sp³-hybridized carbons (Fsp3) is 0.818. The molecule has 0 heteroatoms. The predicted molar refractivity (Wildman–Crippen MR) is 50.6 cm³/mol. The minimum atomic E-state index is 0.550. The van der Waals surface area contributed by atoms with Crippen molar-refractivity contribution in [1.82, 2.24) is 0 Å². The van der Waals surface area contributed by atoms with Gasteiger partial charge < -0.3 is 0 Å². The molecule has 1 rings (SSSR count). The molecule has 0 aromatic rings. The fourth-order valence-electron chi connectivity index (χ4n) is 1.86. The molecule has 0 nitrogen and oxygen atoms in total. The maximum Gasteiger partial charge on any atom is -0.0146 e. The van der Waals surface area contributed by atoms with E-state index in [4.69, 9.17) is 0 Å². The predicted octanol–water partition coefficient (Wildman–Crippen LogP) is 3.92. The summed E-state index contributed by atoms with van der Waals surface area (Å²) < 4.78 is 0. The Bertz CT molecular complexity index is 135.